The number of nitrogens with zero attached hydrogens (tertiary/aromatic N) is 2. The van der Waals surface area contributed by atoms with E-state index in [4.69, 9.17) is 4.74 Å². The summed E-state index contributed by atoms with van der Waals surface area (Å²) >= 11 is 1.55. The highest BCUT2D eigenvalue weighted by molar-refractivity contribution is 8.02. The Morgan fingerprint density at radius 2 is 1.90 bits per heavy atom. The lowest BCUT2D eigenvalue weighted by atomic mass is 9.74. The molecule has 5 atom stereocenters. The molecule has 4 aliphatic rings. The number of rotatable bonds is 3. The predicted octanol–water partition coefficient (Wildman–Crippen LogP) is 1.76. The van der Waals surface area contributed by atoms with Gasteiger partial charge >= 0.3 is 5.97 Å². The summed E-state index contributed by atoms with van der Waals surface area (Å²) in [6.07, 6.45) is 9.04. The molecular weight excluding hydrogens is 416 g/mol. The van der Waals surface area contributed by atoms with Crippen molar-refractivity contribution in [1.29, 1.82) is 0 Å². The Morgan fingerprint density at radius 3 is 2.58 bits per heavy atom. The van der Waals surface area contributed by atoms with Crippen LogP contribution in [-0.2, 0) is 19.1 Å². The van der Waals surface area contributed by atoms with Gasteiger partial charge in [0.05, 0.1) is 23.2 Å². The first-order valence-corrected chi connectivity index (χ1v) is 11.8. The molecule has 2 fully saturated rings. The zero-order valence-corrected chi connectivity index (χ0v) is 19.5. The van der Waals surface area contributed by atoms with Crippen LogP contribution in [0.5, 0.6) is 0 Å². The van der Waals surface area contributed by atoms with Gasteiger partial charge in [-0.3, -0.25) is 14.4 Å². The van der Waals surface area contributed by atoms with Gasteiger partial charge in [-0.15, -0.1) is 11.8 Å². The summed E-state index contributed by atoms with van der Waals surface area (Å²) in [5.74, 6) is -2.01. The average molecular weight is 449 g/mol. The highest BCUT2D eigenvalue weighted by Crippen LogP contribution is 2.65. The standard InChI is InChI=1S/C23H32N2O5S/c1-21(2,3)25-12-7-10-23-15(18(27)24(11-8-13-26)17(23)19(25)28)16-20(29)30-14-6-5-9-22(16,4)31-23/h5,7,9-10,15-17,26H,6,8,11-14H2,1-4H3/t15-,16+,17?,22-,23-/m0/s1. The fourth-order valence-electron chi connectivity index (χ4n) is 5.57. The van der Waals surface area contributed by atoms with Gasteiger partial charge in [0, 0.05) is 30.0 Å². The Labute approximate surface area is 187 Å². The summed E-state index contributed by atoms with van der Waals surface area (Å²) in [4.78, 5) is 44.3. The highest BCUT2D eigenvalue weighted by Gasteiger charge is 2.74. The largest absolute Gasteiger partial charge is 0.465 e. The van der Waals surface area contributed by atoms with Crippen LogP contribution in [0, 0.1) is 11.8 Å². The molecule has 0 aliphatic carbocycles. The third-order valence-corrected chi connectivity index (χ3v) is 8.68. The minimum absolute atomic E-state index is 0.0692. The zero-order chi connectivity index (χ0) is 22.6. The van der Waals surface area contributed by atoms with Crippen molar-refractivity contribution in [3.8, 4) is 0 Å². The van der Waals surface area contributed by atoms with Crippen LogP contribution in [0.25, 0.3) is 0 Å². The minimum atomic E-state index is -0.850. The van der Waals surface area contributed by atoms with Crippen molar-refractivity contribution in [3.05, 3.63) is 24.3 Å². The number of esters is 1. The smallest absolute Gasteiger partial charge is 0.311 e. The van der Waals surface area contributed by atoms with Crippen molar-refractivity contribution in [2.45, 2.75) is 61.6 Å². The molecule has 170 valence electrons. The minimum Gasteiger partial charge on any atom is -0.465 e. The molecule has 2 amide bonds. The Kier molecular flexibility index (Phi) is 5.53. The van der Waals surface area contributed by atoms with Crippen LogP contribution in [0.1, 0.15) is 40.5 Å². The van der Waals surface area contributed by atoms with Crippen molar-refractivity contribution in [3.63, 3.8) is 0 Å². The SMILES string of the molecule is CC(C)(C)N1CC=C[C@]23S[C@@]4(C)C=CCCOC(=O)[C@H]4[C@H]2C(=O)N(CCCO)C3C1=O. The van der Waals surface area contributed by atoms with E-state index in [0.29, 0.717) is 26.0 Å². The third-order valence-electron chi connectivity index (χ3n) is 6.89. The summed E-state index contributed by atoms with van der Waals surface area (Å²) in [5, 5.41) is 9.42. The van der Waals surface area contributed by atoms with Crippen LogP contribution in [0.4, 0.5) is 0 Å². The molecule has 1 N–H and O–H groups in total. The number of aliphatic hydroxyl groups excluding tert-OH is 1. The molecule has 2 saturated heterocycles. The predicted molar refractivity (Wildman–Crippen MR) is 118 cm³/mol. The molecule has 0 saturated carbocycles. The number of hydrogen-bond acceptors (Lipinski definition) is 6. The quantitative estimate of drug-likeness (QED) is 0.523. The van der Waals surface area contributed by atoms with E-state index in [-0.39, 0.29) is 30.9 Å². The summed E-state index contributed by atoms with van der Waals surface area (Å²) in [6.45, 7) is 8.90. The summed E-state index contributed by atoms with van der Waals surface area (Å²) in [6, 6.07) is -0.717. The number of thioether (sulfide) groups is 1. The van der Waals surface area contributed by atoms with Crippen LogP contribution in [0.3, 0.4) is 0 Å². The van der Waals surface area contributed by atoms with Gasteiger partial charge in [-0.25, -0.2) is 0 Å². The maximum absolute atomic E-state index is 13.9. The second-order valence-corrected chi connectivity index (χ2v) is 11.8. The van der Waals surface area contributed by atoms with E-state index in [1.807, 2.05) is 56.9 Å². The molecule has 31 heavy (non-hydrogen) atoms. The first-order valence-electron chi connectivity index (χ1n) is 11.0. The molecule has 0 aromatic heterocycles. The van der Waals surface area contributed by atoms with Crippen molar-refractivity contribution >= 4 is 29.5 Å². The molecule has 1 spiro atoms. The van der Waals surface area contributed by atoms with Crippen molar-refractivity contribution in [2.75, 3.05) is 26.3 Å². The monoisotopic (exact) mass is 448 g/mol. The van der Waals surface area contributed by atoms with E-state index in [2.05, 4.69) is 0 Å². The Hall–Kier alpha value is -1.80. The lowest BCUT2D eigenvalue weighted by Crippen LogP contribution is -2.57. The van der Waals surface area contributed by atoms with Gasteiger partial charge in [-0.05, 0) is 40.5 Å². The second kappa shape index (κ2) is 7.66. The zero-order valence-electron chi connectivity index (χ0n) is 18.7. The molecule has 0 radical (unpaired) electrons. The van der Waals surface area contributed by atoms with Crippen LogP contribution in [0.2, 0.25) is 0 Å². The molecule has 4 rings (SSSR count). The van der Waals surface area contributed by atoms with E-state index >= 15 is 0 Å². The normalized spacial score (nSPS) is 37.7. The molecule has 4 aliphatic heterocycles. The van der Waals surface area contributed by atoms with Crippen molar-refractivity contribution in [2.24, 2.45) is 11.8 Å². The molecular formula is C23H32N2O5S. The van der Waals surface area contributed by atoms with Gasteiger partial charge in [0.2, 0.25) is 11.8 Å². The van der Waals surface area contributed by atoms with Crippen LogP contribution < -0.4 is 0 Å². The first kappa shape index (κ1) is 22.4. The molecule has 0 aromatic carbocycles. The molecule has 0 bridgehead atoms. The van der Waals surface area contributed by atoms with Crippen molar-refractivity contribution in [1.82, 2.24) is 9.80 Å². The number of ether oxygens (including phenoxy) is 1. The van der Waals surface area contributed by atoms with Crippen LogP contribution >= 0.6 is 11.8 Å². The number of likely N-dealkylation sites (tertiary alicyclic amines) is 1. The number of hydrogen-bond donors (Lipinski definition) is 1. The number of carbonyl (C=O) groups is 3. The molecule has 1 unspecified atom stereocenters. The van der Waals surface area contributed by atoms with Crippen molar-refractivity contribution < 1.29 is 24.2 Å². The van der Waals surface area contributed by atoms with E-state index < -0.39 is 32.9 Å². The Bertz CT molecular complexity index is 849. The van der Waals surface area contributed by atoms with Gasteiger partial charge in [0.25, 0.3) is 0 Å². The number of amides is 2. The first-order chi connectivity index (χ1) is 14.6. The van der Waals surface area contributed by atoms with Gasteiger partial charge in [0.15, 0.2) is 0 Å². The maximum Gasteiger partial charge on any atom is 0.311 e. The third kappa shape index (κ3) is 3.33. The summed E-state index contributed by atoms with van der Waals surface area (Å²) in [7, 11) is 0. The van der Waals surface area contributed by atoms with Gasteiger partial charge in [-0.1, -0.05) is 24.3 Å². The van der Waals surface area contributed by atoms with E-state index in [1.54, 1.807) is 16.7 Å². The van der Waals surface area contributed by atoms with Crippen LogP contribution in [-0.4, -0.2) is 80.1 Å². The average Bonchev–Trinajstić information content (AvgIpc) is 2.98. The van der Waals surface area contributed by atoms with Gasteiger partial charge in [0.1, 0.15) is 6.04 Å². The van der Waals surface area contributed by atoms with E-state index in [9.17, 15) is 19.5 Å². The number of aliphatic hydroxyl groups is 1. The molecule has 4 heterocycles. The molecule has 8 heteroatoms. The van der Waals surface area contributed by atoms with Crippen LogP contribution in [0.15, 0.2) is 24.3 Å². The molecule has 7 nitrogen and oxygen atoms in total. The second-order valence-electron chi connectivity index (χ2n) is 9.99. The topological polar surface area (TPSA) is 87.2 Å². The molecule has 0 aromatic rings. The lowest BCUT2D eigenvalue weighted by molar-refractivity contribution is -0.154. The number of cyclic esters (lactones) is 1. The number of carbonyl (C=O) groups excluding carboxylic acids is 3. The fourth-order valence-corrected chi connectivity index (χ4v) is 7.73. The Balaban J connectivity index is 1.87. The number of fused-ring (bicyclic) bond motifs is 2. The summed E-state index contributed by atoms with van der Waals surface area (Å²) < 4.78 is 4.02. The lowest BCUT2D eigenvalue weighted by Gasteiger charge is -2.41. The maximum atomic E-state index is 13.9. The van der Waals surface area contributed by atoms with E-state index in [0.717, 1.165) is 0 Å². The van der Waals surface area contributed by atoms with Gasteiger partial charge < -0.3 is 19.6 Å². The fraction of sp³-hybridized carbons (Fsp3) is 0.696. The Morgan fingerprint density at radius 1 is 1.16 bits per heavy atom. The van der Waals surface area contributed by atoms with E-state index in [1.165, 1.54) is 0 Å². The highest BCUT2D eigenvalue weighted by atomic mass is 32.2. The van der Waals surface area contributed by atoms with Gasteiger partial charge in [-0.2, -0.15) is 0 Å². The summed E-state index contributed by atoms with van der Waals surface area (Å²) in [5.41, 5.74) is -0.412.